The molecule has 0 heterocycles. The van der Waals surface area contributed by atoms with Crippen molar-refractivity contribution in [3.05, 3.63) is 35.4 Å². The molecule has 0 bridgehead atoms. The highest BCUT2D eigenvalue weighted by molar-refractivity contribution is 7.85. The summed E-state index contributed by atoms with van der Waals surface area (Å²) in [6.07, 6.45) is -1.81. The van der Waals surface area contributed by atoms with Crippen molar-refractivity contribution in [3.63, 3.8) is 0 Å². The average Bonchev–Trinajstić information content (AvgIpc) is 2.60. The van der Waals surface area contributed by atoms with E-state index in [1.54, 1.807) is 0 Å². The number of nitrogens with one attached hydrogen (secondary N) is 1. The van der Waals surface area contributed by atoms with Gasteiger partial charge in [0.1, 0.15) is 6.10 Å². The van der Waals surface area contributed by atoms with E-state index in [0.717, 1.165) is 37.8 Å². The van der Waals surface area contributed by atoms with Crippen LogP contribution in [0, 0.1) is 0 Å². The quantitative estimate of drug-likeness (QED) is 0.395. The van der Waals surface area contributed by atoms with Crippen LogP contribution in [0.4, 0.5) is 18.0 Å². The Labute approximate surface area is 163 Å². The van der Waals surface area contributed by atoms with Crippen LogP contribution < -0.4 is 5.32 Å². The molecule has 1 aromatic carbocycles. The second-order valence-electron chi connectivity index (χ2n) is 6.43. The van der Waals surface area contributed by atoms with Gasteiger partial charge in [0.2, 0.25) is 0 Å². The van der Waals surface area contributed by atoms with Gasteiger partial charge in [-0.3, -0.25) is 4.55 Å². The number of unbranched alkanes of at least 4 members (excludes halogenated alkanes) is 3. The minimum atomic E-state index is -4.44. The van der Waals surface area contributed by atoms with Crippen molar-refractivity contribution in [1.29, 1.82) is 0 Å². The van der Waals surface area contributed by atoms with Gasteiger partial charge in [0.25, 0.3) is 10.1 Å². The monoisotopic (exact) mass is 425 g/mol. The molecular weight excluding hydrogens is 399 g/mol. The molecule has 0 aliphatic rings. The molecule has 1 unspecified atom stereocenters. The summed E-state index contributed by atoms with van der Waals surface area (Å²) in [7, 11) is -4.11. The predicted octanol–water partition coefficient (Wildman–Crippen LogP) is 4.72. The van der Waals surface area contributed by atoms with E-state index in [2.05, 4.69) is 5.32 Å². The van der Waals surface area contributed by atoms with Crippen molar-refractivity contribution in [1.82, 2.24) is 5.32 Å². The average molecular weight is 425 g/mol. The Balaban J connectivity index is 2.69. The van der Waals surface area contributed by atoms with Gasteiger partial charge in [0, 0.05) is 6.54 Å². The zero-order valence-electron chi connectivity index (χ0n) is 15.7. The summed E-state index contributed by atoms with van der Waals surface area (Å²) in [4.78, 5) is 11.9. The normalized spacial score (nSPS) is 13.2. The number of hydrogen-bond acceptors (Lipinski definition) is 4. The number of amides is 1. The molecule has 0 aliphatic carbocycles. The summed E-state index contributed by atoms with van der Waals surface area (Å²) in [6, 6.07) is 4.47. The van der Waals surface area contributed by atoms with Crippen molar-refractivity contribution < 1.29 is 35.7 Å². The molecule has 0 aliphatic heterocycles. The van der Waals surface area contributed by atoms with Crippen LogP contribution in [0.3, 0.4) is 0 Å². The van der Waals surface area contributed by atoms with E-state index in [-0.39, 0.29) is 13.0 Å². The van der Waals surface area contributed by atoms with Crippen LogP contribution in [0.25, 0.3) is 0 Å². The maximum absolute atomic E-state index is 12.7. The Hall–Kier alpha value is -1.81. The second-order valence-corrected chi connectivity index (χ2v) is 8.00. The molecule has 10 heteroatoms. The van der Waals surface area contributed by atoms with Gasteiger partial charge in [-0.25, -0.2) is 4.79 Å². The van der Waals surface area contributed by atoms with Crippen LogP contribution in [0.15, 0.2) is 24.3 Å². The molecular formula is C18H26F3NO5S. The van der Waals surface area contributed by atoms with E-state index in [0.29, 0.717) is 12.0 Å². The smallest absolute Gasteiger partial charge is 0.416 e. The summed E-state index contributed by atoms with van der Waals surface area (Å²) in [5.74, 6) is -0.493. The topological polar surface area (TPSA) is 92.7 Å². The molecule has 1 amide bonds. The molecule has 0 aromatic heterocycles. The molecule has 28 heavy (non-hydrogen) atoms. The number of rotatable bonds is 11. The highest BCUT2D eigenvalue weighted by atomic mass is 32.2. The van der Waals surface area contributed by atoms with E-state index >= 15 is 0 Å². The van der Waals surface area contributed by atoms with E-state index in [4.69, 9.17) is 9.29 Å². The van der Waals surface area contributed by atoms with Crippen molar-refractivity contribution in [2.75, 3.05) is 12.3 Å². The highest BCUT2D eigenvalue weighted by Gasteiger charge is 2.30. The Morgan fingerprint density at radius 3 is 2.32 bits per heavy atom. The van der Waals surface area contributed by atoms with E-state index < -0.39 is 39.8 Å². The number of benzene rings is 1. The Morgan fingerprint density at radius 2 is 1.79 bits per heavy atom. The minimum absolute atomic E-state index is 0.00931. The SMILES string of the molecule is CCCCCCC(OC(=O)NCCCS(=O)(=O)O)c1ccc(C(F)(F)F)cc1. The number of carbonyl (C=O) groups is 1. The van der Waals surface area contributed by atoms with Crippen LogP contribution in [0.2, 0.25) is 0 Å². The Kier molecular flexibility index (Phi) is 9.74. The van der Waals surface area contributed by atoms with E-state index in [1.807, 2.05) is 6.92 Å². The number of hydrogen-bond donors (Lipinski definition) is 2. The number of ether oxygens (including phenoxy) is 1. The third-order valence-electron chi connectivity index (χ3n) is 4.03. The van der Waals surface area contributed by atoms with Gasteiger partial charge in [-0.05, 0) is 37.0 Å². The van der Waals surface area contributed by atoms with Crippen molar-refractivity contribution in [2.45, 2.75) is 57.7 Å². The van der Waals surface area contributed by atoms with Crippen LogP contribution >= 0.6 is 0 Å². The minimum Gasteiger partial charge on any atom is -0.441 e. The second kappa shape index (κ2) is 11.3. The summed E-state index contributed by atoms with van der Waals surface area (Å²) in [5.41, 5.74) is -0.326. The van der Waals surface area contributed by atoms with Crippen LogP contribution in [-0.2, 0) is 21.0 Å². The molecule has 0 radical (unpaired) electrons. The Bertz CT molecular complexity index is 705. The molecule has 1 aromatic rings. The third-order valence-corrected chi connectivity index (χ3v) is 4.83. The first-order valence-corrected chi connectivity index (χ1v) is 10.7. The van der Waals surface area contributed by atoms with E-state index in [1.165, 1.54) is 12.1 Å². The van der Waals surface area contributed by atoms with Gasteiger partial charge in [0.15, 0.2) is 0 Å². The predicted molar refractivity (Wildman–Crippen MR) is 98.5 cm³/mol. The van der Waals surface area contributed by atoms with Gasteiger partial charge < -0.3 is 10.1 Å². The largest absolute Gasteiger partial charge is 0.441 e. The lowest BCUT2D eigenvalue weighted by atomic mass is 10.0. The summed E-state index contributed by atoms with van der Waals surface area (Å²) >= 11 is 0. The molecule has 0 saturated heterocycles. The van der Waals surface area contributed by atoms with E-state index in [9.17, 15) is 26.4 Å². The van der Waals surface area contributed by atoms with Crippen molar-refractivity contribution >= 4 is 16.2 Å². The number of alkyl carbamates (subject to hydrolysis) is 1. The first kappa shape index (κ1) is 24.2. The van der Waals surface area contributed by atoms with Crippen LogP contribution in [-0.4, -0.2) is 31.4 Å². The number of carbonyl (C=O) groups excluding carboxylic acids is 1. The first-order chi connectivity index (χ1) is 13.0. The zero-order chi connectivity index (χ0) is 21.2. The lowest BCUT2D eigenvalue weighted by Crippen LogP contribution is -2.28. The molecule has 6 nitrogen and oxygen atoms in total. The highest BCUT2D eigenvalue weighted by Crippen LogP contribution is 2.31. The summed E-state index contributed by atoms with van der Waals surface area (Å²) in [5, 5.41) is 2.38. The molecule has 2 N–H and O–H groups in total. The third kappa shape index (κ3) is 9.93. The Morgan fingerprint density at radius 1 is 1.14 bits per heavy atom. The molecule has 0 fully saturated rings. The zero-order valence-corrected chi connectivity index (χ0v) is 16.5. The van der Waals surface area contributed by atoms with Crippen LogP contribution in [0.5, 0.6) is 0 Å². The summed E-state index contributed by atoms with van der Waals surface area (Å²) in [6.45, 7) is 2.03. The van der Waals surface area contributed by atoms with Crippen LogP contribution in [0.1, 0.15) is 62.7 Å². The molecule has 160 valence electrons. The fourth-order valence-electron chi connectivity index (χ4n) is 2.55. The molecule has 1 rings (SSSR count). The molecule has 0 spiro atoms. The first-order valence-electron chi connectivity index (χ1n) is 9.09. The fraction of sp³-hybridized carbons (Fsp3) is 0.611. The van der Waals surface area contributed by atoms with Gasteiger partial charge in [-0.2, -0.15) is 21.6 Å². The van der Waals surface area contributed by atoms with Crippen molar-refractivity contribution in [3.8, 4) is 0 Å². The van der Waals surface area contributed by atoms with Gasteiger partial charge in [-0.1, -0.05) is 38.3 Å². The lowest BCUT2D eigenvalue weighted by Gasteiger charge is -2.19. The van der Waals surface area contributed by atoms with Gasteiger partial charge in [-0.15, -0.1) is 0 Å². The molecule has 0 saturated carbocycles. The lowest BCUT2D eigenvalue weighted by molar-refractivity contribution is -0.137. The standard InChI is InChI=1S/C18H26F3NO5S/c1-2-3-4-5-7-16(14-8-10-15(11-9-14)18(19,20)21)27-17(23)22-12-6-13-28(24,25)26/h8-11,16H,2-7,12-13H2,1H3,(H,22,23)(H,24,25,26). The maximum atomic E-state index is 12.7. The summed E-state index contributed by atoms with van der Waals surface area (Å²) < 4.78 is 73.4. The number of alkyl halides is 3. The van der Waals surface area contributed by atoms with Gasteiger partial charge in [0.05, 0.1) is 11.3 Å². The van der Waals surface area contributed by atoms with Crippen molar-refractivity contribution in [2.24, 2.45) is 0 Å². The fourth-order valence-corrected chi connectivity index (χ4v) is 3.06. The maximum Gasteiger partial charge on any atom is 0.416 e. The number of halogens is 3. The molecule has 1 atom stereocenters. The van der Waals surface area contributed by atoms with Gasteiger partial charge >= 0.3 is 12.3 Å².